The van der Waals surface area contributed by atoms with Gasteiger partial charge in [0.15, 0.2) is 0 Å². The van der Waals surface area contributed by atoms with E-state index in [1.807, 2.05) is 6.07 Å². The number of aryl methyl sites for hydroxylation is 1. The van der Waals surface area contributed by atoms with E-state index in [-0.39, 0.29) is 12.0 Å². The summed E-state index contributed by atoms with van der Waals surface area (Å²) in [5.74, 6) is -0.116. The number of carbonyl (C=O) groups is 1. The number of rotatable bonds is 5. The summed E-state index contributed by atoms with van der Waals surface area (Å²) >= 11 is 3.56. The highest BCUT2D eigenvalue weighted by molar-refractivity contribution is 9.10. The zero-order chi connectivity index (χ0) is 16.4. The Balaban J connectivity index is 3.20. The van der Waals surface area contributed by atoms with Gasteiger partial charge in [0, 0.05) is 5.56 Å². The molecule has 0 saturated heterocycles. The van der Waals surface area contributed by atoms with Crippen LogP contribution in [0.1, 0.15) is 52.7 Å². The van der Waals surface area contributed by atoms with Crippen LogP contribution in [0, 0.1) is 5.41 Å². The Morgan fingerprint density at radius 2 is 1.81 bits per heavy atom. The van der Waals surface area contributed by atoms with Gasteiger partial charge in [-0.3, -0.25) is 4.79 Å². The molecule has 1 rings (SSSR count). The van der Waals surface area contributed by atoms with Crippen LogP contribution in [-0.4, -0.2) is 17.7 Å². The second-order valence-corrected chi connectivity index (χ2v) is 7.89. The fraction of sp³-hybridized carbons (Fsp3) is 0.588. The lowest BCUT2D eigenvalue weighted by Crippen LogP contribution is -2.31. The molecule has 4 heteroatoms. The Bertz CT molecular complexity index is 528. The Hall–Kier alpha value is -1.03. The van der Waals surface area contributed by atoms with Crippen molar-refractivity contribution in [2.24, 2.45) is 5.41 Å². The molecule has 118 valence electrons. The van der Waals surface area contributed by atoms with E-state index in [9.17, 15) is 9.90 Å². The van der Waals surface area contributed by atoms with E-state index in [0.717, 1.165) is 22.2 Å². The third kappa shape index (κ3) is 4.47. The molecular formula is C17H25BrO3. The molecule has 0 aliphatic carbocycles. The average Bonchev–Trinajstić information content (AvgIpc) is 2.35. The van der Waals surface area contributed by atoms with Crippen LogP contribution in [0.15, 0.2) is 16.6 Å². The van der Waals surface area contributed by atoms with Gasteiger partial charge in [0.2, 0.25) is 0 Å². The van der Waals surface area contributed by atoms with Crippen molar-refractivity contribution in [3.05, 3.63) is 27.7 Å². The lowest BCUT2D eigenvalue weighted by atomic mass is 9.85. The van der Waals surface area contributed by atoms with Crippen LogP contribution in [-0.2, 0) is 16.6 Å². The number of benzene rings is 1. The minimum absolute atomic E-state index is 0.0730. The third-order valence-electron chi connectivity index (χ3n) is 3.48. The molecule has 1 aromatic carbocycles. The molecule has 0 bridgehead atoms. The summed E-state index contributed by atoms with van der Waals surface area (Å²) in [6.45, 7) is 12.0. The molecule has 0 unspecified atom stereocenters. The first kappa shape index (κ1) is 18.0. The van der Waals surface area contributed by atoms with Crippen LogP contribution in [0.5, 0.6) is 5.75 Å². The summed E-state index contributed by atoms with van der Waals surface area (Å²) in [6, 6.07) is 4.19. The summed E-state index contributed by atoms with van der Waals surface area (Å²) in [4.78, 5) is 11.2. The van der Waals surface area contributed by atoms with E-state index in [0.29, 0.717) is 0 Å². The minimum Gasteiger partial charge on any atom is -0.491 e. The highest BCUT2D eigenvalue weighted by Crippen LogP contribution is 2.39. The second-order valence-electron chi connectivity index (χ2n) is 7.04. The number of aliphatic carboxylic acids is 1. The van der Waals surface area contributed by atoms with Crippen LogP contribution < -0.4 is 4.74 Å². The summed E-state index contributed by atoms with van der Waals surface area (Å²) in [5, 5.41) is 9.21. The number of hydrogen-bond donors (Lipinski definition) is 1. The van der Waals surface area contributed by atoms with Crippen molar-refractivity contribution >= 4 is 21.9 Å². The molecule has 0 fully saturated rings. The molecule has 0 saturated carbocycles. The first-order valence-corrected chi connectivity index (χ1v) is 7.97. The van der Waals surface area contributed by atoms with Crippen molar-refractivity contribution in [1.29, 1.82) is 0 Å². The summed E-state index contributed by atoms with van der Waals surface area (Å²) < 4.78 is 6.77. The van der Waals surface area contributed by atoms with Crippen molar-refractivity contribution < 1.29 is 14.6 Å². The third-order valence-corrected chi connectivity index (χ3v) is 4.06. The molecule has 0 spiro atoms. The van der Waals surface area contributed by atoms with Gasteiger partial charge < -0.3 is 9.84 Å². The van der Waals surface area contributed by atoms with Crippen LogP contribution in [0.3, 0.4) is 0 Å². The van der Waals surface area contributed by atoms with Gasteiger partial charge in [-0.15, -0.1) is 0 Å². The van der Waals surface area contributed by atoms with Crippen LogP contribution in [0.25, 0.3) is 0 Å². The molecule has 0 amide bonds. The van der Waals surface area contributed by atoms with Gasteiger partial charge >= 0.3 is 5.97 Å². The lowest BCUT2D eigenvalue weighted by Gasteiger charge is -2.27. The number of halogens is 1. The summed E-state index contributed by atoms with van der Waals surface area (Å²) in [7, 11) is 0. The number of ether oxygens (including phenoxy) is 1. The molecule has 1 N–H and O–H groups in total. The molecule has 0 atom stereocenters. The van der Waals surface area contributed by atoms with Crippen LogP contribution in [0.2, 0.25) is 0 Å². The van der Waals surface area contributed by atoms with Crippen molar-refractivity contribution in [2.75, 3.05) is 6.61 Å². The molecule has 3 nitrogen and oxygen atoms in total. The monoisotopic (exact) mass is 356 g/mol. The fourth-order valence-corrected chi connectivity index (χ4v) is 2.49. The number of hydrogen-bond acceptors (Lipinski definition) is 2. The number of carboxylic acid groups (broad SMARTS) is 1. The van der Waals surface area contributed by atoms with E-state index in [2.05, 4.69) is 49.7 Å². The topological polar surface area (TPSA) is 46.5 Å². The van der Waals surface area contributed by atoms with E-state index in [4.69, 9.17) is 4.74 Å². The second kappa shape index (κ2) is 6.39. The SMILES string of the molecule is CCc1cc(Br)c(OCC(C)(C)C(=O)O)c(C(C)(C)C)c1. The molecule has 1 aromatic rings. The predicted molar refractivity (Wildman–Crippen MR) is 89.1 cm³/mol. The van der Waals surface area contributed by atoms with Crippen molar-refractivity contribution in [2.45, 2.75) is 53.4 Å². The lowest BCUT2D eigenvalue weighted by molar-refractivity contribution is -0.148. The van der Waals surface area contributed by atoms with Gasteiger partial charge in [-0.2, -0.15) is 0 Å². The molecule has 0 aliphatic heterocycles. The zero-order valence-electron chi connectivity index (χ0n) is 13.7. The summed E-state index contributed by atoms with van der Waals surface area (Å²) in [6.07, 6.45) is 0.947. The molecule has 21 heavy (non-hydrogen) atoms. The highest BCUT2D eigenvalue weighted by atomic mass is 79.9. The maximum absolute atomic E-state index is 11.2. The summed E-state index contributed by atoms with van der Waals surface area (Å²) in [5.41, 5.74) is 1.33. The predicted octanol–water partition coefficient (Wildman–Crippen LogP) is 4.80. The van der Waals surface area contributed by atoms with Gasteiger partial charge in [0.25, 0.3) is 0 Å². The van der Waals surface area contributed by atoms with Gasteiger partial charge in [-0.25, -0.2) is 0 Å². The smallest absolute Gasteiger partial charge is 0.312 e. The number of carboxylic acids is 1. The van der Waals surface area contributed by atoms with Gasteiger partial charge in [0.1, 0.15) is 12.4 Å². The van der Waals surface area contributed by atoms with Crippen LogP contribution >= 0.6 is 15.9 Å². The first-order valence-electron chi connectivity index (χ1n) is 7.18. The Morgan fingerprint density at radius 3 is 2.24 bits per heavy atom. The maximum atomic E-state index is 11.2. The highest BCUT2D eigenvalue weighted by Gasteiger charge is 2.30. The average molecular weight is 357 g/mol. The van der Waals surface area contributed by atoms with E-state index < -0.39 is 11.4 Å². The van der Waals surface area contributed by atoms with E-state index >= 15 is 0 Å². The van der Waals surface area contributed by atoms with Crippen molar-refractivity contribution in [1.82, 2.24) is 0 Å². The van der Waals surface area contributed by atoms with Gasteiger partial charge in [0.05, 0.1) is 9.89 Å². The van der Waals surface area contributed by atoms with Crippen LogP contribution in [0.4, 0.5) is 0 Å². The Kier molecular flexibility index (Phi) is 5.48. The largest absolute Gasteiger partial charge is 0.491 e. The first-order chi connectivity index (χ1) is 9.49. The molecule has 0 aromatic heterocycles. The van der Waals surface area contributed by atoms with E-state index in [1.54, 1.807) is 13.8 Å². The van der Waals surface area contributed by atoms with Crippen molar-refractivity contribution in [3.8, 4) is 5.75 Å². The van der Waals surface area contributed by atoms with Gasteiger partial charge in [-0.05, 0) is 53.2 Å². The fourth-order valence-electron chi connectivity index (χ4n) is 1.87. The molecule has 0 heterocycles. The zero-order valence-corrected chi connectivity index (χ0v) is 15.3. The minimum atomic E-state index is -0.919. The quantitative estimate of drug-likeness (QED) is 0.824. The van der Waals surface area contributed by atoms with Gasteiger partial charge in [-0.1, -0.05) is 33.8 Å². The standard InChI is InChI=1S/C17H25BrO3/c1-7-11-8-12(16(2,3)4)14(13(18)9-11)21-10-17(5,6)15(19)20/h8-9H,7,10H2,1-6H3,(H,19,20). The normalized spacial score (nSPS) is 12.3. The molecular weight excluding hydrogens is 332 g/mol. The Labute approximate surface area is 135 Å². The van der Waals surface area contributed by atoms with Crippen molar-refractivity contribution in [3.63, 3.8) is 0 Å². The molecule has 0 radical (unpaired) electrons. The Morgan fingerprint density at radius 1 is 1.24 bits per heavy atom. The van der Waals surface area contributed by atoms with E-state index in [1.165, 1.54) is 5.56 Å². The maximum Gasteiger partial charge on any atom is 0.312 e. The molecule has 0 aliphatic rings.